The predicted octanol–water partition coefficient (Wildman–Crippen LogP) is 4.06. The summed E-state index contributed by atoms with van der Waals surface area (Å²) < 4.78 is 5.56. The Kier molecular flexibility index (Phi) is 4.54. The summed E-state index contributed by atoms with van der Waals surface area (Å²) in [5.41, 5.74) is 9.00. The molecule has 0 aliphatic carbocycles. The van der Waals surface area contributed by atoms with Crippen molar-refractivity contribution in [1.29, 1.82) is 0 Å². The average molecular weight is 369 g/mol. The molecule has 1 amide bonds. The van der Waals surface area contributed by atoms with Gasteiger partial charge in [0.25, 0.3) is 5.91 Å². The number of nitrogens with one attached hydrogen (secondary N) is 1. The lowest BCUT2D eigenvalue weighted by molar-refractivity contribution is 0.0862. The van der Waals surface area contributed by atoms with Crippen LogP contribution in [0.3, 0.4) is 0 Å². The first-order valence-corrected chi connectivity index (χ1v) is 9.87. The Morgan fingerprint density at radius 1 is 1.42 bits per heavy atom. The Labute approximate surface area is 156 Å². The fourth-order valence-electron chi connectivity index (χ4n) is 3.34. The van der Waals surface area contributed by atoms with Gasteiger partial charge in [-0.25, -0.2) is 4.98 Å². The molecule has 1 aliphatic rings. The van der Waals surface area contributed by atoms with Crippen molar-refractivity contribution in [1.82, 2.24) is 10.3 Å². The van der Waals surface area contributed by atoms with Crippen molar-refractivity contribution in [3.8, 4) is 0 Å². The average Bonchev–Trinajstić information content (AvgIpc) is 3.26. The summed E-state index contributed by atoms with van der Waals surface area (Å²) >= 11 is 1.35. The number of hydrogen-bond acceptors (Lipinski definition) is 5. The van der Waals surface area contributed by atoms with E-state index in [1.807, 2.05) is 12.1 Å². The van der Waals surface area contributed by atoms with Crippen LogP contribution < -0.4 is 11.1 Å². The van der Waals surface area contributed by atoms with Crippen LogP contribution in [0.5, 0.6) is 0 Å². The molecule has 3 heterocycles. The fourth-order valence-corrected chi connectivity index (χ4v) is 4.34. The van der Waals surface area contributed by atoms with Gasteiger partial charge < -0.3 is 15.8 Å². The molecule has 0 bridgehead atoms. The number of aromatic nitrogens is 1. The van der Waals surface area contributed by atoms with Crippen molar-refractivity contribution < 1.29 is 9.53 Å². The largest absolute Gasteiger partial charge is 0.397 e. The van der Waals surface area contributed by atoms with Gasteiger partial charge in [-0.1, -0.05) is 19.9 Å². The number of carbonyl (C=O) groups is 1. The monoisotopic (exact) mass is 369 g/mol. The van der Waals surface area contributed by atoms with Crippen LogP contribution in [0.4, 0.5) is 5.69 Å². The number of thiophene rings is 1. The number of nitrogen functional groups attached to an aromatic ring is 1. The number of hydrogen-bond donors (Lipinski definition) is 2. The van der Waals surface area contributed by atoms with Crippen LogP contribution in [-0.4, -0.2) is 30.1 Å². The molecule has 1 unspecified atom stereocenters. The quantitative estimate of drug-likeness (QED) is 0.727. The Bertz CT molecular complexity index is 974. The molecule has 3 N–H and O–H groups in total. The molecule has 26 heavy (non-hydrogen) atoms. The number of carbonyl (C=O) groups excluding carboxylic acids is 1. The van der Waals surface area contributed by atoms with Gasteiger partial charge in [0, 0.05) is 23.9 Å². The normalized spacial score (nSPS) is 17.4. The van der Waals surface area contributed by atoms with Gasteiger partial charge >= 0.3 is 0 Å². The summed E-state index contributed by atoms with van der Waals surface area (Å²) in [4.78, 5) is 18.6. The van der Waals surface area contributed by atoms with E-state index in [0.29, 0.717) is 23.0 Å². The van der Waals surface area contributed by atoms with E-state index in [0.717, 1.165) is 40.6 Å². The van der Waals surface area contributed by atoms with Gasteiger partial charge in [0.15, 0.2) is 0 Å². The maximum Gasteiger partial charge on any atom is 0.263 e. The minimum Gasteiger partial charge on any atom is -0.397 e. The smallest absolute Gasteiger partial charge is 0.263 e. The number of rotatable bonds is 4. The van der Waals surface area contributed by atoms with Crippen LogP contribution >= 0.6 is 11.3 Å². The van der Waals surface area contributed by atoms with Crippen LogP contribution in [0.1, 0.15) is 47.8 Å². The maximum atomic E-state index is 12.6. The SMILES string of the molecule is CC(C)c1ccc2nc3sc(C(=O)NCC4CCCO4)c(N)c3cc2c1. The molecule has 136 valence electrons. The number of ether oxygens (including phenoxy) is 1. The molecule has 1 aliphatic heterocycles. The number of amides is 1. The second-order valence-electron chi connectivity index (χ2n) is 7.14. The highest BCUT2D eigenvalue weighted by Crippen LogP contribution is 2.35. The minimum absolute atomic E-state index is 0.115. The van der Waals surface area contributed by atoms with Gasteiger partial charge in [-0.15, -0.1) is 11.3 Å². The Morgan fingerprint density at radius 2 is 2.27 bits per heavy atom. The first-order valence-electron chi connectivity index (χ1n) is 9.05. The molecule has 0 saturated carbocycles. The Morgan fingerprint density at radius 3 is 3.00 bits per heavy atom. The topological polar surface area (TPSA) is 77.2 Å². The highest BCUT2D eigenvalue weighted by Gasteiger charge is 2.21. The van der Waals surface area contributed by atoms with Crippen LogP contribution in [0.15, 0.2) is 24.3 Å². The van der Waals surface area contributed by atoms with Crippen LogP contribution in [0, 0.1) is 0 Å². The minimum atomic E-state index is -0.145. The van der Waals surface area contributed by atoms with Crippen molar-refractivity contribution in [2.45, 2.75) is 38.7 Å². The summed E-state index contributed by atoms with van der Waals surface area (Å²) in [5.74, 6) is 0.307. The van der Waals surface area contributed by atoms with Gasteiger partial charge in [-0.3, -0.25) is 4.79 Å². The Hall–Kier alpha value is -2.18. The molecule has 1 saturated heterocycles. The molecular weight excluding hydrogens is 346 g/mol. The zero-order valence-corrected chi connectivity index (χ0v) is 15.9. The molecule has 0 radical (unpaired) electrons. The zero-order chi connectivity index (χ0) is 18.3. The molecule has 1 fully saturated rings. The van der Waals surface area contributed by atoms with Crippen LogP contribution in [-0.2, 0) is 4.74 Å². The van der Waals surface area contributed by atoms with E-state index >= 15 is 0 Å². The summed E-state index contributed by atoms with van der Waals surface area (Å²) in [6.45, 7) is 5.64. The highest BCUT2D eigenvalue weighted by atomic mass is 32.1. The predicted molar refractivity (Wildman–Crippen MR) is 107 cm³/mol. The molecule has 4 rings (SSSR count). The fraction of sp³-hybridized carbons (Fsp3) is 0.400. The maximum absolute atomic E-state index is 12.6. The molecule has 6 heteroatoms. The van der Waals surface area contributed by atoms with E-state index in [-0.39, 0.29) is 12.0 Å². The molecule has 1 aromatic carbocycles. The molecule has 5 nitrogen and oxygen atoms in total. The molecule has 0 spiro atoms. The van der Waals surface area contributed by atoms with E-state index in [9.17, 15) is 4.79 Å². The number of benzene rings is 1. The second-order valence-corrected chi connectivity index (χ2v) is 8.14. The van der Waals surface area contributed by atoms with E-state index in [4.69, 9.17) is 15.5 Å². The van der Waals surface area contributed by atoms with E-state index in [1.54, 1.807) is 0 Å². The number of fused-ring (bicyclic) bond motifs is 2. The summed E-state index contributed by atoms with van der Waals surface area (Å²) in [5, 5.41) is 4.85. The standard InChI is InChI=1S/C20H23N3O2S/c1-11(2)12-5-6-16-13(8-12)9-15-17(21)18(26-20(15)23-16)19(24)22-10-14-4-3-7-25-14/h5-6,8-9,11,14H,3-4,7,10,21H2,1-2H3,(H,22,24). The van der Waals surface area contributed by atoms with E-state index in [1.165, 1.54) is 16.9 Å². The van der Waals surface area contributed by atoms with Crippen LogP contribution in [0.25, 0.3) is 21.1 Å². The van der Waals surface area contributed by atoms with E-state index in [2.05, 4.69) is 31.3 Å². The summed E-state index contributed by atoms with van der Waals surface area (Å²) in [7, 11) is 0. The van der Waals surface area contributed by atoms with Crippen molar-refractivity contribution in [3.05, 3.63) is 34.7 Å². The number of nitrogens with zero attached hydrogens (tertiary/aromatic N) is 1. The lowest BCUT2D eigenvalue weighted by Gasteiger charge is -2.10. The first kappa shape index (κ1) is 17.2. The van der Waals surface area contributed by atoms with Gasteiger partial charge in [0.2, 0.25) is 0 Å². The van der Waals surface area contributed by atoms with Gasteiger partial charge in [0.1, 0.15) is 9.71 Å². The Balaban J connectivity index is 1.66. The third-order valence-corrected chi connectivity index (χ3v) is 6.04. The zero-order valence-electron chi connectivity index (χ0n) is 15.0. The van der Waals surface area contributed by atoms with Gasteiger partial charge in [-0.05, 0) is 42.5 Å². The van der Waals surface area contributed by atoms with Crippen molar-refractivity contribution in [2.75, 3.05) is 18.9 Å². The van der Waals surface area contributed by atoms with Gasteiger partial charge in [-0.2, -0.15) is 0 Å². The van der Waals surface area contributed by atoms with E-state index < -0.39 is 0 Å². The molecule has 3 aromatic rings. The molecule has 2 aromatic heterocycles. The third-order valence-electron chi connectivity index (χ3n) is 4.92. The summed E-state index contributed by atoms with van der Waals surface area (Å²) in [6.07, 6.45) is 2.16. The highest BCUT2D eigenvalue weighted by molar-refractivity contribution is 7.21. The van der Waals surface area contributed by atoms with Crippen molar-refractivity contribution in [2.24, 2.45) is 0 Å². The molecule has 1 atom stereocenters. The molecular formula is C20H23N3O2S. The van der Waals surface area contributed by atoms with Gasteiger partial charge in [0.05, 0.1) is 17.3 Å². The summed E-state index contributed by atoms with van der Waals surface area (Å²) in [6, 6.07) is 8.35. The lowest BCUT2D eigenvalue weighted by atomic mass is 10.0. The van der Waals surface area contributed by atoms with Crippen molar-refractivity contribution in [3.63, 3.8) is 0 Å². The number of nitrogens with two attached hydrogens (primary N) is 1. The first-order chi connectivity index (χ1) is 12.5. The van der Waals surface area contributed by atoms with Crippen LogP contribution in [0.2, 0.25) is 0 Å². The number of anilines is 1. The van der Waals surface area contributed by atoms with Crippen molar-refractivity contribution >= 4 is 44.1 Å². The number of pyridine rings is 1. The lowest BCUT2D eigenvalue weighted by Crippen LogP contribution is -2.31. The second kappa shape index (κ2) is 6.85. The third kappa shape index (κ3) is 3.15.